The standard InChI is InChI=1S/C25H19N3O6S/c1-34-21-8-3-2-7-20(21)26-23(29)18-11-9-16(10-12-18)15-27-24(30)22(35-25(27)31)14-17-5-4-6-19(13-17)28(32)33/h2-14H,15H2,1H3,(H,26,29)/b22-14-. The number of ether oxygens (including phenoxy) is 1. The van der Waals surface area contributed by atoms with Gasteiger partial charge in [0.25, 0.3) is 22.7 Å². The van der Waals surface area contributed by atoms with Crippen molar-refractivity contribution in [3.63, 3.8) is 0 Å². The van der Waals surface area contributed by atoms with Crippen molar-refractivity contribution in [2.75, 3.05) is 12.4 Å². The van der Waals surface area contributed by atoms with Crippen LogP contribution in [-0.2, 0) is 11.3 Å². The van der Waals surface area contributed by atoms with Gasteiger partial charge in [0.2, 0.25) is 0 Å². The third kappa shape index (κ3) is 5.39. The average molecular weight is 490 g/mol. The number of para-hydroxylation sites is 2. The zero-order valence-electron chi connectivity index (χ0n) is 18.5. The first-order valence-corrected chi connectivity index (χ1v) is 11.2. The minimum Gasteiger partial charge on any atom is -0.495 e. The van der Waals surface area contributed by atoms with Gasteiger partial charge in [-0.15, -0.1) is 0 Å². The summed E-state index contributed by atoms with van der Waals surface area (Å²) in [5.41, 5.74) is 1.96. The predicted octanol–water partition coefficient (Wildman–Crippen LogP) is 5.09. The molecule has 176 valence electrons. The van der Waals surface area contributed by atoms with Crippen LogP contribution in [0.25, 0.3) is 6.08 Å². The fourth-order valence-corrected chi connectivity index (χ4v) is 4.24. The van der Waals surface area contributed by atoms with Crippen molar-refractivity contribution in [3.05, 3.63) is 105 Å². The van der Waals surface area contributed by atoms with Crippen LogP contribution in [0.15, 0.2) is 77.7 Å². The van der Waals surface area contributed by atoms with Gasteiger partial charge in [0.05, 0.1) is 29.2 Å². The Hall–Kier alpha value is -4.44. The Kier molecular flexibility index (Phi) is 6.93. The first-order valence-electron chi connectivity index (χ1n) is 10.4. The molecule has 3 aromatic rings. The number of hydrogen-bond acceptors (Lipinski definition) is 7. The Morgan fingerprint density at radius 2 is 1.83 bits per heavy atom. The summed E-state index contributed by atoms with van der Waals surface area (Å²) in [5, 5.41) is 13.3. The average Bonchev–Trinajstić information content (AvgIpc) is 3.12. The fourth-order valence-electron chi connectivity index (χ4n) is 3.40. The van der Waals surface area contributed by atoms with E-state index in [1.807, 2.05) is 0 Å². The molecule has 1 heterocycles. The number of methoxy groups -OCH3 is 1. The molecule has 1 N–H and O–H groups in total. The summed E-state index contributed by atoms with van der Waals surface area (Å²) in [6.45, 7) is 0.0331. The molecule has 1 aliphatic rings. The van der Waals surface area contributed by atoms with E-state index in [1.165, 1.54) is 31.4 Å². The van der Waals surface area contributed by atoms with Crippen LogP contribution in [0.4, 0.5) is 16.2 Å². The van der Waals surface area contributed by atoms with Gasteiger partial charge in [0, 0.05) is 17.7 Å². The quantitative estimate of drug-likeness (QED) is 0.279. The number of non-ortho nitro benzene ring substituents is 1. The molecule has 3 amide bonds. The molecule has 1 aliphatic heterocycles. The van der Waals surface area contributed by atoms with E-state index in [-0.39, 0.29) is 23.0 Å². The summed E-state index contributed by atoms with van der Waals surface area (Å²) < 4.78 is 5.24. The van der Waals surface area contributed by atoms with E-state index in [2.05, 4.69) is 5.32 Å². The van der Waals surface area contributed by atoms with E-state index in [9.17, 15) is 24.5 Å². The van der Waals surface area contributed by atoms with Crippen LogP contribution >= 0.6 is 11.8 Å². The highest BCUT2D eigenvalue weighted by atomic mass is 32.2. The van der Waals surface area contributed by atoms with Crippen molar-refractivity contribution >= 4 is 46.3 Å². The Morgan fingerprint density at radius 1 is 1.09 bits per heavy atom. The van der Waals surface area contributed by atoms with Crippen LogP contribution in [-0.4, -0.2) is 34.0 Å². The van der Waals surface area contributed by atoms with Gasteiger partial charge in [-0.3, -0.25) is 29.4 Å². The molecule has 4 rings (SSSR count). The second-order valence-electron chi connectivity index (χ2n) is 7.47. The molecule has 1 saturated heterocycles. The number of carbonyl (C=O) groups excluding carboxylic acids is 3. The maximum atomic E-state index is 12.8. The minimum atomic E-state index is -0.524. The van der Waals surface area contributed by atoms with Gasteiger partial charge in [-0.05, 0) is 53.2 Å². The molecular weight excluding hydrogens is 470 g/mol. The summed E-state index contributed by atoms with van der Waals surface area (Å²) in [5.74, 6) is -0.272. The molecule has 9 nitrogen and oxygen atoms in total. The van der Waals surface area contributed by atoms with Crippen LogP contribution in [0.3, 0.4) is 0 Å². The number of thioether (sulfide) groups is 1. The van der Waals surface area contributed by atoms with Crippen LogP contribution in [0.2, 0.25) is 0 Å². The van der Waals surface area contributed by atoms with Crippen LogP contribution in [0.1, 0.15) is 21.5 Å². The van der Waals surface area contributed by atoms with E-state index < -0.39 is 16.1 Å². The summed E-state index contributed by atoms with van der Waals surface area (Å²) >= 11 is 0.776. The smallest absolute Gasteiger partial charge is 0.293 e. The molecule has 10 heteroatoms. The van der Waals surface area contributed by atoms with Gasteiger partial charge in [0.1, 0.15) is 5.75 Å². The lowest BCUT2D eigenvalue weighted by Crippen LogP contribution is -2.27. The molecule has 0 spiro atoms. The Morgan fingerprint density at radius 3 is 2.54 bits per heavy atom. The lowest BCUT2D eigenvalue weighted by atomic mass is 10.1. The summed E-state index contributed by atoms with van der Waals surface area (Å²) in [7, 11) is 1.52. The lowest BCUT2D eigenvalue weighted by Gasteiger charge is -2.13. The van der Waals surface area contributed by atoms with E-state index >= 15 is 0 Å². The van der Waals surface area contributed by atoms with Crippen molar-refractivity contribution < 1.29 is 24.0 Å². The third-order valence-corrected chi connectivity index (χ3v) is 6.07. The van der Waals surface area contributed by atoms with Crippen LogP contribution in [0, 0.1) is 10.1 Å². The van der Waals surface area contributed by atoms with Crippen LogP contribution in [0.5, 0.6) is 5.75 Å². The minimum absolute atomic E-state index is 0.0331. The van der Waals surface area contributed by atoms with E-state index in [4.69, 9.17) is 4.74 Å². The summed E-state index contributed by atoms with van der Waals surface area (Å²) in [6.07, 6.45) is 1.46. The first kappa shape index (κ1) is 23.7. The third-order valence-electron chi connectivity index (χ3n) is 5.16. The number of nitrogens with one attached hydrogen (secondary N) is 1. The van der Waals surface area contributed by atoms with E-state index in [0.717, 1.165) is 16.7 Å². The highest BCUT2D eigenvalue weighted by molar-refractivity contribution is 8.18. The molecule has 3 aromatic carbocycles. The SMILES string of the molecule is COc1ccccc1NC(=O)c1ccc(CN2C(=O)S/C(=C\c3cccc([N+](=O)[O-])c3)C2=O)cc1. The maximum Gasteiger partial charge on any atom is 0.293 e. The molecule has 35 heavy (non-hydrogen) atoms. The number of anilines is 1. The molecule has 1 fully saturated rings. The van der Waals surface area contributed by atoms with Crippen molar-refractivity contribution in [1.82, 2.24) is 4.90 Å². The number of carbonyl (C=O) groups is 3. The fraction of sp³-hybridized carbons (Fsp3) is 0.0800. The molecule has 0 unspecified atom stereocenters. The zero-order chi connectivity index (χ0) is 24.9. The van der Waals surface area contributed by atoms with Gasteiger partial charge in [-0.2, -0.15) is 0 Å². The number of nitro benzene ring substituents is 1. The largest absolute Gasteiger partial charge is 0.495 e. The van der Waals surface area contributed by atoms with Crippen LogP contribution < -0.4 is 10.1 Å². The molecular formula is C25H19N3O6S. The van der Waals surface area contributed by atoms with Gasteiger partial charge in [0.15, 0.2) is 0 Å². The lowest BCUT2D eigenvalue weighted by molar-refractivity contribution is -0.384. The molecule has 0 radical (unpaired) electrons. The number of hydrogen-bond donors (Lipinski definition) is 1. The number of rotatable bonds is 7. The van der Waals surface area contributed by atoms with Gasteiger partial charge >= 0.3 is 0 Å². The summed E-state index contributed by atoms with van der Waals surface area (Å²) in [4.78, 5) is 49.5. The Balaban J connectivity index is 1.44. The van der Waals surface area contributed by atoms with Crippen molar-refractivity contribution in [2.24, 2.45) is 0 Å². The highest BCUT2D eigenvalue weighted by Gasteiger charge is 2.35. The molecule has 0 aromatic heterocycles. The second-order valence-corrected chi connectivity index (χ2v) is 8.46. The number of amides is 3. The van der Waals surface area contributed by atoms with Crippen molar-refractivity contribution in [1.29, 1.82) is 0 Å². The van der Waals surface area contributed by atoms with Gasteiger partial charge < -0.3 is 10.1 Å². The Bertz CT molecular complexity index is 1350. The molecule has 0 saturated carbocycles. The number of nitrogens with zero attached hydrogens (tertiary/aromatic N) is 2. The molecule has 0 atom stereocenters. The predicted molar refractivity (Wildman–Crippen MR) is 132 cm³/mol. The number of nitro groups is 1. The highest BCUT2D eigenvalue weighted by Crippen LogP contribution is 2.33. The first-order chi connectivity index (χ1) is 16.9. The van der Waals surface area contributed by atoms with Crippen molar-refractivity contribution in [3.8, 4) is 5.75 Å². The normalized spacial score (nSPS) is 14.3. The maximum absolute atomic E-state index is 12.8. The van der Waals surface area contributed by atoms with Gasteiger partial charge in [-0.1, -0.05) is 36.4 Å². The number of imide groups is 1. The summed E-state index contributed by atoms with van der Waals surface area (Å²) in [6, 6.07) is 19.4. The van der Waals surface area contributed by atoms with Crippen molar-refractivity contribution in [2.45, 2.75) is 6.54 Å². The monoisotopic (exact) mass is 489 g/mol. The second kappa shape index (κ2) is 10.2. The van der Waals surface area contributed by atoms with Gasteiger partial charge in [-0.25, -0.2) is 0 Å². The molecule has 0 aliphatic carbocycles. The topological polar surface area (TPSA) is 119 Å². The Labute approximate surface area is 204 Å². The van der Waals surface area contributed by atoms with E-state index in [1.54, 1.807) is 54.6 Å². The zero-order valence-corrected chi connectivity index (χ0v) is 19.3. The number of benzene rings is 3. The molecule has 0 bridgehead atoms. The van der Waals surface area contributed by atoms with E-state index in [0.29, 0.717) is 28.1 Å².